The van der Waals surface area contributed by atoms with Gasteiger partial charge in [-0.2, -0.15) is 5.10 Å². The summed E-state index contributed by atoms with van der Waals surface area (Å²) in [5, 5.41) is 8.38. The number of nitrogens with zero attached hydrogens (tertiary/aromatic N) is 3. The van der Waals surface area contributed by atoms with Crippen molar-refractivity contribution in [3.8, 4) is 0 Å². The third kappa shape index (κ3) is 3.28. The SMILES string of the molecule is C=C(c1cnn2c1NC(c1ccccc1)CC2(C)C)N1CCCC(C(N)=O)C1. The van der Waals surface area contributed by atoms with Gasteiger partial charge in [0.2, 0.25) is 5.91 Å². The van der Waals surface area contributed by atoms with Crippen molar-refractivity contribution in [1.29, 1.82) is 0 Å². The number of fused-ring (bicyclic) bond motifs is 1. The number of carbonyl (C=O) groups excluding carboxylic acids is 1. The van der Waals surface area contributed by atoms with Crippen molar-refractivity contribution in [2.75, 3.05) is 18.4 Å². The predicted octanol–water partition coefficient (Wildman–Crippen LogP) is 3.34. The standard InChI is InChI=1S/C22H29N5O/c1-15(26-11-7-10-17(14-26)20(23)28)18-13-24-27-21(18)25-19(12-22(27,2)3)16-8-5-4-6-9-16/h4-6,8-9,13,17,19,25H,1,7,10-12,14H2,2-3H3,(H2,23,28). The van der Waals surface area contributed by atoms with E-state index in [0.717, 1.165) is 42.9 Å². The predicted molar refractivity (Wildman–Crippen MR) is 111 cm³/mol. The second-order valence-electron chi connectivity index (χ2n) is 8.58. The Bertz CT molecular complexity index is 886. The van der Waals surface area contributed by atoms with Crippen molar-refractivity contribution in [3.63, 3.8) is 0 Å². The number of benzene rings is 1. The first-order valence-corrected chi connectivity index (χ1v) is 10.0. The molecule has 6 nitrogen and oxygen atoms in total. The highest BCUT2D eigenvalue weighted by Crippen LogP contribution is 2.42. The van der Waals surface area contributed by atoms with Crippen LogP contribution in [0.25, 0.3) is 5.70 Å². The van der Waals surface area contributed by atoms with E-state index in [2.05, 4.69) is 64.7 Å². The van der Waals surface area contributed by atoms with Gasteiger partial charge in [0, 0.05) is 18.8 Å². The van der Waals surface area contributed by atoms with E-state index in [1.807, 2.05) is 12.3 Å². The van der Waals surface area contributed by atoms with Crippen molar-refractivity contribution in [2.45, 2.75) is 44.7 Å². The maximum Gasteiger partial charge on any atom is 0.222 e. The number of carbonyl (C=O) groups is 1. The van der Waals surface area contributed by atoms with Crippen LogP contribution >= 0.6 is 0 Å². The van der Waals surface area contributed by atoms with Crippen LogP contribution in [0.4, 0.5) is 5.82 Å². The average Bonchev–Trinajstić information content (AvgIpc) is 3.13. The van der Waals surface area contributed by atoms with Crippen LogP contribution in [0.5, 0.6) is 0 Å². The smallest absolute Gasteiger partial charge is 0.222 e. The minimum atomic E-state index is -0.224. The number of likely N-dealkylation sites (tertiary alicyclic amines) is 1. The van der Waals surface area contributed by atoms with E-state index in [9.17, 15) is 4.79 Å². The number of hydrogen-bond acceptors (Lipinski definition) is 4. The minimum absolute atomic E-state index is 0.113. The summed E-state index contributed by atoms with van der Waals surface area (Å²) in [6, 6.07) is 10.7. The van der Waals surface area contributed by atoms with E-state index in [1.165, 1.54) is 5.56 Å². The molecule has 4 rings (SSSR count). The van der Waals surface area contributed by atoms with Gasteiger partial charge in [-0.1, -0.05) is 36.9 Å². The van der Waals surface area contributed by atoms with Gasteiger partial charge in [0.25, 0.3) is 0 Å². The van der Waals surface area contributed by atoms with Crippen LogP contribution < -0.4 is 11.1 Å². The van der Waals surface area contributed by atoms with E-state index in [4.69, 9.17) is 5.73 Å². The molecule has 28 heavy (non-hydrogen) atoms. The van der Waals surface area contributed by atoms with Crippen LogP contribution in [0.3, 0.4) is 0 Å². The average molecular weight is 380 g/mol. The third-order valence-electron chi connectivity index (χ3n) is 6.08. The summed E-state index contributed by atoms with van der Waals surface area (Å²) in [4.78, 5) is 13.8. The Morgan fingerprint density at radius 2 is 2.07 bits per heavy atom. The first kappa shape index (κ1) is 18.6. The molecule has 1 aromatic carbocycles. The maximum atomic E-state index is 11.7. The molecule has 2 aliphatic heterocycles. The summed E-state index contributed by atoms with van der Waals surface area (Å²) >= 11 is 0. The Morgan fingerprint density at radius 3 is 2.79 bits per heavy atom. The second kappa shape index (κ2) is 7.00. The van der Waals surface area contributed by atoms with E-state index >= 15 is 0 Å². The normalized spacial score (nSPS) is 23.6. The molecule has 0 saturated carbocycles. The lowest BCUT2D eigenvalue weighted by Gasteiger charge is -2.39. The molecule has 1 saturated heterocycles. The van der Waals surface area contributed by atoms with Gasteiger partial charge in [0.05, 0.1) is 29.3 Å². The molecule has 2 aliphatic rings. The number of amides is 1. The summed E-state index contributed by atoms with van der Waals surface area (Å²) in [7, 11) is 0. The molecule has 1 amide bonds. The lowest BCUT2D eigenvalue weighted by atomic mass is 9.89. The number of aromatic nitrogens is 2. The summed E-state index contributed by atoms with van der Waals surface area (Å²) in [5.74, 6) is 0.660. The number of nitrogens with two attached hydrogens (primary N) is 1. The maximum absolute atomic E-state index is 11.7. The summed E-state index contributed by atoms with van der Waals surface area (Å²) in [6.45, 7) is 10.3. The summed E-state index contributed by atoms with van der Waals surface area (Å²) < 4.78 is 2.07. The van der Waals surface area contributed by atoms with Crippen LogP contribution in [0.15, 0.2) is 43.1 Å². The molecule has 2 unspecified atom stereocenters. The first-order valence-electron chi connectivity index (χ1n) is 10.0. The Kier molecular flexibility index (Phi) is 4.65. The molecule has 3 N–H and O–H groups in total. The van der Waals surface area contributed by atoms with E-state index in [-0.39, 0.29) is 23.4 Å². The van der Waals surface area contributed by atoms with Gasteiger partial charge in [-0.3, -0.25) is 4.79 Å². The van der Waals surface area contributed by atoms with E-state index < -0.39 is 0 Å². The molecule has 0 radical (unpaired) electrons. The molecule has 148 valence electrons. The topological polar surface area (TPSA) is 76.2 Å². The van der Waals surface area contributed by atoms with Crippen molar-refractivity contribution in [2.24, 2.45) is 11.7 Å². The largest absolute Gasteiger partial charge is 0.371 e. The highest BCUT2D eigenvalue weighted by atomic mass is 16.1. The van der Waals surface area contributed by atoms with Gasteiger partial charge >= 0.3 is 0 Å². The van der Waals surface area contributed by atoms with Crippen molar-refractivity contribution < 1.29 is 4.79 Å². The summed E-state index contributed by atoms with van der Waals surface area (Å²) in [5.41, 5.74) is 8.61. The van der Waals surface area contributed by atoms with Gasteiger partial charge in [-0.15, -0.1) is 0 Å². The number of anilines is 1. The Morgan fingerprint density at radius 1 is 1.32 bits per heavy atom. The number of nitrogens with one attached hydrogen (secondary N) is 1. The fourth-order valence-electron chi connectivity index (χ4n) is 4.47. The van der Waals surface area contributed by atoms with Crippen LogP contribution in [0.2, 0.25) is 0 Å². The van der Waals surface area contributed by atoms with E-state index in [0.29, 0.717) is 6.54 Å². The Balaban J connectivity index is 1.64. The van der Waals surface area contributed by atoms with Crippen molar-refractivity contribution in [3.05, 3.63) is 54.2 Å². The van der Waals surface area contributed by atoms with Crippen molar-refractivity contribution in [1.82, 2.24) is 14.7 Å². The molecule has 2 aromatic rings. The second-order valence-corrected chi connectivity index (χ2v) is 8.58. The summed E-state index contributed by atoms with van der Waals surface area (Å²) in [6.07, 6.45) is 4.65. The van der Waals surface area contributed by atoms with Gasteiger partial charge in [-0.25, -0.2) is 4.68 Å². The molecule has 1 aromatic heterocycles. The zero-order valence-electron chi connectivity index (χ0n) is 16.7. The Labute approximate surface area is 166 Å². The quantitative estimate of drug-likeness (QED) is 0.854. The number of primary amides is 1. The number of rotatable bonds is 4. The number of piperidine rings is 1. The molecule has 1 fully saturated rings. The van der Waals surface area contributed by atoms with Gasteiger partial charge in [0.15, 0.2) is 0 Å². The molecular formula is C22H29N5O. The fourth-order valence-corrected chi connectivity index (χ4v) is 4.47. The molecule has 0 bridgehead atoms. The highest BCUT2D eigenvalue weighted by molar-refractivity contribution is 5.78. The third-order valence-corrected chi connectivity index (χ3v) is 6.08. The molecule has 0 aliphatic carbocycles. The molecule has 2 atom stereocenters. The van der Waals surface area contributed by atoms with Crippen LogP contribution in [-0.4, -0.2) is 33.7 Å². The van der Waals surface area contributed by atoms with Crippen LogP contribution in [0.1, 0.15) is 50.3 Å². The molecule has 0 spiro atoms. The van der Waals surface area contributed by atoms with Gasteiger partial charge in [-0.05, 0) is 38.7 Å². The fraction of sp³-hybridized carbons (Fsp3) is 0.455. The monoisotopic (exact) mass is 379 g/mol. The highest BCUT2D eigenvalue weighted by Gasteiger charge is 2.36. The van der Waals surface area contributed by atoms with Crippen molar-refractivity contribution >= 4 is 17.4 Å². The lowest BCUT2D eigenvalue weighted by molar-refractivity contribution is -0.123. The Hall–Kier alpha value is -2.76. The number of hydrogen-bond donors (Lipinski definition) is 2. The van der Waals surface area contributed by atoms with Gasteiger partial charge < -0.3 is 16.0 Å². The van der Waals surface area contributed by atoms with Gasteiger partial charge in [0.1, 0.15) is 5.82 Å². The molecule has 3 heterocycles. The zero-order valence-corrected chi connectivity index (χ0v) is 16.7. The zero-order chi connectivity index (χ0) is 19.9. The lowest BCUT2D eigenvalue weighted by Crippen LogP contribution is -2.40. The first-order chi connectivity index (χ1) is 13.4. The minimum Gasteiger partial charge on any atom is -0.371 e. The van der Waals surface area contributed by atoms with Crippen LogP contribution in [-0.2, 0) is 10.3 Å². The van der Waals surface area contributed by atoms with Crippen LogP contribution in [0, 0.1) is 5.92 Å². The van der Waals surface area contributed by atoms with E-state index in [1.54, 1.807) is 0 Å². The molecule has 6 heteroatoms. The molecular weight excluding hydrogens is 350 g/mol.